The predicted octanol–water partition coefficient (Wildman–Crippen LogP) is 2.41. The molecular weight excluding hydrogens is 420 g/mol. The number of rotatable bonds is 5. The second-order valence-electron chi connectivity index (χ2n) is 8.67. The van der Waals surface area contributed by atoms with Crippen LogP contribution in [0.5, 0.6) is 0 Å². The number of aromatic nitrogens is 4. The number of hydrogen-bond acceptors (Lipinski definition) is 7. The minimum absolute atomic E-state index is 0.0888. The molecule has 3 atom stereocenters. The number of anilines is 2. The first kappa shape index (κ1) is 21.3. The van der Waals surface area contributed by atoms with E-state index in [0.29, 0.717) is 43.0 Å². The van der Waals surface area contributed by atoms with Crippen molar-refractivity contribution in [2.75, 3.05) is 29.9 Å². The second kappa shape index (κ2) is 8.74. The zero-order chi connectivity index (χ0) is 22.9. The van der Waals surface area contributed by atoms with Crippen molar-refractivity contribution in [3.63, 3.8) is 0 Å². The molecule has 33 heavy (non-hydrogen) atoms. The first-order chi connectivity index (χ1) is 16.0. The van der Waals surface area contributed by atoms with E-state index in [1.54, 1.807) is 23.9 Å². The third-order valence-electron chi connectivity index (χ3n) is 6.30. The number of carbonyl (C=O) groups excluding carboxylic acids is 1. The molecule has 2 aliphatic rings. The summed E-state index contributed by atoms with van der Waals surface area (Å²) in [7, 11) is 1.72. The number of nitrogens with zero attached hydrogens (tertiary/aromatic N) is 5. The number of morpholine rings is 1. The van der Waals surface area contributed by atoms with Crippen LogP contribution in [0.15, 0.2) is 53.7 Å². The van der Waals surface area contributed by atoms with E-state index in [1.807, 2.05) is 24.3 Å². The van der Waals surface area contributed by atoms with Gasteiger partial charge in [0, 0.05) is 37.5 Å². The van der Waals surface area contributed by atoms with E-state index < -0.39 is 0 Å². The van der Waals surface area contributed by atoms with Gasteiger partial charge in [0.15, 0.2) is 0 Å². The molecule has 1 saturated heterocycles. The van der Waals surface area contributed by atoms with Gasteiger partial charge in [-0.2, -0.15) is 0 Å². The van der Waals surface area contributed by atoms with E-state index in [2.05, 4.69) is 27.1 Å². The van der Waals surface area contributed by atoms with Crippen LogP contribution in [0.25, 0.3) is 11.4 Å². The van der Waals surface area contributed by atoms with E-state index in [4.69, 9.17) is 9.72 Å². The van der Waals surface area contributed by atoms with Gasteiger partial charge in [-0.25, -0.2) is 15.0 Å². The van der Waals surface area contributed by atoms with Gasteiger partial charge in [0.05, 0.1) is 24.5 Å². The average Bonchev–Trinajstić information content (AvgIpc) is 3.58. The summed E-state index contributed by atoms with van der Waals surface area (Å²) in [5.41, 5.74) is 2.77. The van der Waals surface area contributed by atoms with Crippen molar-refractivity contribution in [3.8, 4) is 11.4 Å². The number of carbonyl (C=O) groups is 1. The maximum absolute atomic E-state index is 12.6. The van der Waals surface area contributed by atoms with Gasteiger partial charge in [0.25, 0.3) is 5.56 Å². The first-order valence-electron chi connectivity index (χ1n) is 11.1. The third-order valence-corrected chi connectivity index (χ3v) is 6.30. The Hall–Kier alpha value is -3.59. The summed E-state index contributed by atoms with van der Waals surface area (Å²) >= 11 is 0. The lowest BCUT2D eigenvalue weighted by atomic mass is 10.1. The molecule has 1 saturated carbocycles. The van der Waals surface area contributed by atoms with Crippen LogP contribution in [0.1, 0.15) is 25.0 Å². The summed E-state index contributed by atoms with van der Waals surface area (Å²) in [6.07, 6.45) is 3.86. The van der Waals surface area contributed by atoms with Crippen LogP contribution in [0.4, 0.5) is 11.6 Å². The van der Waals surface area contributed by atoms with Crippen molar-refractivity contribution >= 4 is 17.5 Å². The quantitative estimate of drug-likeness (QED) is 0.642. The normalized spacial score (nSPS) is 22.1. The zero-order valence-electron chi connectivity index (χ0n) is 18.6. The Morgan fingerprint density at radius 2 is 1.97 bits per heavy atom. The van der Waals surface area contributed by atoms with Crippen LogP contribution in [-0.2, 0) is 16.6 Å². The molecular formula is C24H26N6O3. The Kier molecular flexibility index (Phi) is 5.63. The summed E-state index contributed by atoms with van der Waals surface area (Å²) in [6, 6.07) is 11.0. The molecule has 9 heteroatoms. The summed E-state index contributed by atoms with van der Waals surface area (Å²) < 4.78 is 7.57. The van der Waals surface area contributed by atoms with Gasteiger partial charge in [-0.3, -0.25) is 14.2 Å². The highest BCUT2D eigenvalue weighted by atomic mass is 16.5. The van der Waals surface area contributed by atoms with Gasteiger partial charge in [-0.05, 0) is 36.1 Å². The van der Waals surface area contributed by atoms with Gasteiger partial charge in [-0.15, -0.1) is 0 Å². The molecule has 1 aliphatic carbocycles. The van der Waals surface area contributed by atoms with Gasteiger partial charge in [-0.1, -0.05) is 19.1 Å². The number of hydrogen-bond donors (Lipinski definition) is 1. The van der Waals surface area contributed by atoms with E-state index >= 15 is 0 Å². The van der Waals surface area contributed by atoms with Crippen LogP contribution in [0.3, 0.4) is 0 Å². The smallest absolute Gasteiger partial charge is 0.255 e. The highest BCUT2D eigenvalue weighted by molar-refractivity contribution is 5.94. The molecule has 0 bridgehead atoms. The summed E-state index contributed by atoms with van der Waals surface area (Å²) in [5.74, 6) is 1.28. The molecule has 2 fully saturated rings. The first-order valence-corrected chi connectivity index (χ1v) is 11.1. The van der Waals surface area contributed by atoms with Crippen molar-refractivity contribution in [3.05, 3.63) is 64.8 Å². The predicted molar refractivity (Wildman–Crippen MR) is 124 cm³/mol. The second-order valence-corrected chi connectivity index (χ2v) is 8.67. The fourth-order valence-corrected chi connectivity index (χ4v) is 4.12. The number of benzene rings is 1. The summed E-state index contributed by atoms with van der Waals surface area (Å²) in [5, 5.41) is 2.99. The van der Waals surface area contributed by atoms with Gasteiger partial charge in [0.2, 0.25) is 11.9 Å². The Morgan fingerprint density at radius 1 is 1.18 bits per heavy atom. The van der Waals surface area contributed by atoms with Crippen molar-refractivity contribution in [2.24, 2.45) is 18.9 Å². The maximum atomic E-state index is 12.6. The van der Waals surface area contributed by atoms with Crippen molar-refractivity contribution < 1.29 is 9.53 Å². The van der Waals surface area contributed by atoms with Crippen LogP contribution < -0.4 is 15.8 Å². The minimum atomic E-state index is -0.174. The highest BCUT2D eigenvalue weighted by Crippen LogP contribution is 2.38. The Morgan fingerprint density at radius 3 is 2.67 bits per heavy atom. The number of nitrogens with one attached hydrogen (secondary N) is 1. The van der Waals surface area contributed by atoms with Gasteiger partial charge < -0.3 is 15.0 Å². The monoisotopic (exact) mass is 446 g/mol. The third kappa shape index (κ3) is 4.49. The Labute approximate surface area is 191 Å². The van der Waals surface area contributed by atoms with Crippen LogP contribution in [-0.4, -0.2) is 45.1 Å². The van der Waals surface area contributed by atoms with Crippen molar-refractivity contribution in [1.29, 1.82) is 0 Å². The number of amides is 1. The molecule has 3 aromatic rings. The molecule has 2 aromatic heterocycles. The largest absolute Gasteiger partial charge is 0.370 e. The number of ether oxygens (including phenoxy) is 1. The van der Waals surface area contributed by atoms with E-state index in [-0.39, 0.29) is 23.5 Å². The zero-order valence-corrected chi connectivity index (χ0v) is 18.6. The Bertz CT molecular complexity index is 1210. The topological polar surface area (TPSA) is 102 Å². The molecule has 170 valence electrons. The molecule has 9 nitrogen and oxygen atoms in total. The van der Waals surface area contributed by atoms with Gasteiger partial charge >= 0.3 is 0 Å². The molecule has 2 unspecified atom stereocenters. The molecule has 0 radical (unpaired) electrons. The lowest BCUT2D eigenvalue weighted by molar-refractivity contribution is -0.117. The molecule has 1 amide bonds. The minimum Gasteiger partial charge on any atom is -0.370 e. The standard InChI is InChI=1S/C24H26N6O3/c1-15-11-18(15)23(32)27-17-5-3-16(4-6-17)21-13-30(9-10-33-21)24-28-20(12-22(31)29(24)2)19-7-8-25-14-26-19/h3-8,12,14-15,18,21H,9-11,13H2,1-2H3,(H,27,32)/t15?,18?,21-/m1/s1. The summed E-state index contributed by atoms with van der Waals surface area (Å²) in [4.78, 5) is 39.7. The SMILES string of the molecule is CC1CC1C(=O)Nc1ccc([C@H]2CN(c3nc(-c4ccncn4)cc(=O)n3C)CCO2)cc1. The molecule has 3 heterocycles. The van der Waals surface area contributed by atoms with E-state index in [9.17, 15) is 9.59 Å². The van der Waals surface area contributed by atoms with Gasteiger partial charge in [0.1, 0.15) is 12.4 Å². The lowest BCUT2D eigenvalue weighted by Gasteiger charge is -2.34. The van der Waals surface area contributed by atoms with Crippen LogP contribution in [0, 0.1) is 11.8 Å². The highest BCUT2D eigenvalue weighted by Gasteiger charge is 2.39. The average molecular weight is 447 g/mol. The van der Waals surface area contributed by atoms with Crippen molar-refractivity contribution in [2.45, 2.75) is 19.4 Å². The van der Waals surface area contributed by atoms with E-state index in [0.717, 1.165) is 17.7 Å². The molecule has 1 aromatic carbocycles. The van der Waals surface area contributed by atoms with E-state index in [1.165, 1.54) is 12.4 Å². The molecule has 1 aliphatic heterocycles. The molecule has 0 spiro atoms. The molecule has 1 N–H and O–H groups in total. The fourth-order valence-electron chi connectivity index (χ4n) is 4.12. The Balaban J connectivity index is 1.33. The van der Waals surface area contributed by atoms with Crippen LogP contribution in [0.2, 0.25) is 0 Å². The van der Waals surface area contributed by atoms with Crippen molar-refractivity contribution in [1.82, 2.24) is 19.5 Å². The lowest BCUT2D eigenvalue weighted by Crippen LogP contribution is -2.41. The fraction of sp³-hybridized carbons (Fsp3) is 0.375. The van der Waals surface area contributed by atoms with Crippen LogP contribution >= 0.6 is 0 Å². The molecule has 5 rings (SSSR count). The maximum Gasteiger partial charge on any atom is 0.255 e. The summed E-state index contributed by atoms with van der Waals surface area (Å²) in [6.45, 7) is 3.78.